The number of hydrogen-bond donors (Lipinski definition) is 1. The van der Waals surface area contributed by atoms with E-state index >= 15 is 0 Å². The summed E-state index contributed by atoms with van der Waals surface area (Å²) in [5.41, 5.74) is 8.06. The standard InChI is InChI=1S/C14H16ClN3O2/c1-3-18-12(13(15)9(2)17-18)8-20-14(19)10-4-6-11(16)7-5-10/h4-7H,3,8,16H2,1-2H3. The van der Waals surface area contributed by atoms with E-state index in [2.05, 4.69) is 5.10 Å². The lowest BCUT2D eigenvalue weighted by Gasteiger charge is -2.07. The molecule has 20 heavy (non-hydrogen) atoms. The van der Waals surface area contributed by atoms with Crippen LogP contribution in [0.1, 0.15) is 28.7 Å². The molecule has 0 atom stereocenters. The minimum atomic E-state index is -0.414. The fourth-order valence-electron chi connectivity index (χ4n) is 1.84. The lowest BCUT2D eigenvalue weighted by Crippen LogP contribution is -2.09. The highest BCUT2D eigenvalue weighted by molar-refractivity contribution is 6.31. The van der Waals surface area contributed by atoms with E-state index in [0.29, 0.717) is 28.5 Å². The number of nitrogens with two attached hydrogens (primary N) is 1. The molecule has 0 radical (unpaired) electrons. The van der Waals surface area contributed by atoms with Crippen molar-refractivity contribution >= 4 is 23.3 Å². The molecule has 0 fully saturated rings. The summed E-state index contributed by atoms with van der Waals surface area (Å²) in [5, 5.41) is 4.81. The highest BCUT2D eigenvalue weighted by Crippen LogP contribution is 2.21. The average molecular weight is 294 g/mol. The Morgan fingerprint density at radius 2 is 2.05 bits per heavy atom. The summed E-state index contributed by atoms with van der Waals surface area (Å²) in [6.45, 7) is 4.53. The van der Waals surface area contributed by atoms with Gasteiger partial charge in [0.1, 0.15) is 6.61 Å². The van der Waals surface area contributed by atoms with E-state index in [4.69, 9.17) is 22.1 Å². The Morgan fingerprint density at radius 1 is 1.40 bits per heavy atom. The van der Waals surface area contributed by atoms with Gasteiger partial charge in [0.2, 0.25) is 0 Å². The van der Waals surface area contributed by atoms with Gasteiger partial charge in [-0.3, -0.25) is 4.68 Å². The SMILES string of the molecule is CCn1nc(C)c(Cl)c1COC(=O)c1ccc(N)cc1. The lowest BCUT2D eigenvalue weighted by molar-refractivity contribution is 0.0462. The van der Waals surface area contributed by atoms with E-state index < -0.39 is 5.97 Å². The quantitative estimate of drug-likeness (QED) is 0.695. The summed E-state index contributed by atoms with van der Waals surface area (Å²) in [7, 11) is 0. The molecule has 0 aliphatic carbocycles. The predicted octanol–water partition coefficient (Wildman–Crippen LogP) is 2.80. The van der Waals surface area contributed by atoms with Crippen LogP contribution in [0.2, 0.25) is 5.02 Å². The number of hydrogen-bond acceptors (Lipinski definition) is 4. The second kappa shape index (κ2) is 5.96. The Balaban J connectivity index is 2.09. The van der Waals surface area contributed by atoms with Crippen LogP contribution in [0.15, 0.2) is 24.3 Å². The van der Waals surface area contributed by atoms with Gasteiger partial charge in [0.15, 0.2) is 0 Å². The summed E-state index contributed by atoms with van der Waals surface area (Å²) >= 11 is 6.15. The van der Waals surface area contributed by atoms with Crippen molar-refractivity contribution in [3.63, 3.8) is 0 Å². The van der Waals surface area contributed by atoms with Crippen LogP contribution in [0.25, 0.3) is 0 Å². The molecule has 5 nitrogen and oxygen atoms in total. The Bertz CT molecular complexity index is 620. The summed E-state index contributed by atoms with van der Waals surface area (Å²) in [6.07, 6.45) is 0. The molecule has 2 rings (SSSR count). The first-order valence-electron chi connectivity index (χ1n) is 6.27. The second-order valence-corrected chi connectivity index (χ2v) is 4.74. The molecule has 0 unspecified atom stereocenters. The number of halogens is 1. The van der Waals surface area contributed by atoms with Crippen LogP contribution < -0.4 is 5.73 Å². The number of esters is 1. The molecule has 106 valence electrons. The normalized spacial score (nSPS) is 10.6. The van der Waals surface area contributed by atoms with Crippen molar-refractivity contribution in [3.05, 3.63) is 46.2 Å². The van der Waals surface area contributed by atoms with Gasteiger partial charge >= 0.3 is 5.97 Å². The molecule has 0 spiro atoms. The van der Waals surface area contributed by atoms with Crippen molar-refractivity contribution in [2.24, 2.45) is 0 Å². The number of nitrogen functional groups attached to an aromatic ring is 1. The van der Waals surface area contributed by atoms with E-state index in [-0.39, 0.29) is 6.61 Å². The van der Waals surface area contributed by atoms with Crippen LogP contribution in [0.3, 0.4) is 0 Å². The van der Waals surface area contributed by atoms with E-state index in [1.54, 1.807) is 28.9 Å². The van der Waals surface area contributed by atoms with Gasteiger partial charge in [-0.1, -0.05) is 11.6 Å². The van der Waals surface area contributed by atoms with Gasteiger partial charge in [-0.2, -0.15) is 5.10 Å². The Hall–Kier alpha value is -2.01. The van der Waals surface area contributed by atoms with Gasteiger partial charge in [-0.05, 0) is 38.1 Å². The molecule has 6 heteroatoms. The van der Waals surface area contributed by atoms with E-state index in [1.165, 1.54) is 0 Å². The number of ether oxygens (including phenoxy) is 1. The van der Waals surface area contributed by atoms with E-state index in [0.717, 1.165) is 5.69 Å². The number of benzene rings is 1. The highest BCUT2D eigenvalue weighted by Gasteiger charge is 2.15. The van der Waals surface area contributed by atoms with Gasteiger partial charge in [0.25, 0.3) is 0 Å². The number of anilines is 1. The molecular weight excluding hydrogens is 278 g/mol. The van der Waals surface area contributed by atoms with Crippen molar-refractivity contribution < 1.29 is 9.53 Å². The van der Waals surface area contributed by atoms with E-state index in [9.17, 15) is 4.79 Å². The lowest BCUT2D eigenvalue weighted by atomic mass is 10.2. The molecule has 0 saturated carbocycles. The predicted molar refractivity (Wildman–Crippen MR) is 77.6 cm³/mol. The van der Waals surface area contributed by atoms with Gasteiger partial charge < -0.3 is 10.5 Å². The molecule has 0 bridgehead atoms. The third-order valence-corrected chi connectivity index (χ3v) is 3.43. The van der Waals surface area contributed by atoms with Gasteiger partial charge in [-0.15, -0.1) is 0 Å². The Labute approximate surface area is 122 Å². The first kappa shape index (κ1) is 14.4. The molecule has 1 aromatic heterocycles. The second-order valence-electron chi connectivity index (χ2n) is 4.36. The molecule has 2 N–H and O–H groups in total. The smallest absolute Gasteiger partial charge is 0.338 e. The molecule has 0 aliphatic heterocycles. The molecule has 0 aliphatic rings. The van der Waals surface area contributed by atoms with Crippen LogP contribution in [0.4, 0.5) is 5.69 Å². The van der Waals surface area contributed by atoms with Gasteiger partial charge in [0, 0.05) is 12.2 Å². The minimum absolute atomic E-state index is 0.0940. The summed E-state index contributed by atoms with van der Waals surface area (Å²) < 4.78 is 7.00. The number of carbonyl (C=O) groups is 1. The Kier molecular flexibility index (Phi) is 4.29. The summed E-state index contributed by atoms with van der Waals surface area (Å²) in [4.78, 5) is 11.9. The van der Waals surface area contributed by atoms with Crippen molar-refractivity contribution in [1.29, 1.82) is 0 Å². The molecule has 0 amide bonds. The molecular formula is C14H16ClN3O2. The largest absolute Gasteiger partial charge is 0.456 e. The maximum Gasteiger partial charge on any atom is 0.338 e. The number of carbonyl (C=O) groups excluding carboxylic acids is 1. The average Bonchev–Trinajstić information content (AvgIpc) is 2.72. The molecule has 2 aromatic rings. The third kappa shape index (κ3) is 2.93. The molecule has 0 saturated heterocycles. The van der Waals surface area contributed by atoms with Crippen LogP contribution >= 0.6 is 11.6 Å². The monoisotopic (exact) mass is 293 g/mol. The zero-order valence-corrected chi connectivity index (χ0v) is 12.1. The van der Waals surface area contributed by atoms with Gasteiger partial charge in [-0.25, -0.2) is 4.79 Å². The van der Waals surface area contributed by atoms with E-state index in [1.807, 2.05) is 13.8 Å². The number of rotatable bonds is 4. The first-order valence-corrected chi connectivity index (χ1v) is 6.65. The van der Waals surface area contributed by atoms with Crippen molar-refractivity contribution in [1.82, 2.24) is 9.78 Å². The maximum absolute atomic E-state index is 11.9. The third-order valence-electron chi connectivity index (χ3n) is 2.94. The Morgan fingerprint density at radius 3 is 2.65 bits per heavy atom. The maximum atomic E-state index is 11.9. The van der Waals surface area contributed by atoms with Gasteiger partial charge in [0.05, 0.1) is 22.0 Å². The number of aromatic nitrogens is 2. The van der Waals surface area contributed by atoms with Crippen LogP contribution in [-0.2, 0) is 17.9 Å². The molecule has 1 heterocycles. The number of nitrogens with zero attached hydrogens (tertiary/aromatic N) is 2. The minimum Gasteiger partial charge on any atom is -0.456 e. The zero-order valence-electron chi connectivity index (χ0n) is 11.4. The fourth-order valence-corrected chi connectivity index (χ4v) is 2.03. The van der Waals surface area contributed by atoms with Crippen molar-refractivity contribution in [2.45, 2.75) is 27.0 Å². The van der Waals surface area contributed by atoms with Crippen LogP contribution in [-0.4, -0.2) is 15.7 Å². The van der Waals surface area contributed by atoms with Crippen LogP contribution in [0, 0.1) is 6.92 Å². The first-order chi connectivity index (χ1) is 9.52. The number of aryl methyl sites for hydroxylation is 2. The summed E-state index contributed by atoms with van der Waals surface area (Å²) in [6, 6.07) is 6.57. The summed E-state index contributed by atoms with van der Waals surface area (Å²) in [5.74, 6) is -0.414. The fraction of sp³-hybridized carbons (Fsp3) is 0.286. The topological polar surface area (TPSA) is 70.1 Å². The van der Waals surface area contributed by atoms with Crippen molar-refractivity contribution in [3.8, 4) is 0 Å². The van der Waals surface area contributed by atoms with Crippen LogP contribution in [0.5, 0.6) is 0 Å². The molecule has 1 aromatic carbocycles. The highest BCUT2D eigenvalue weighted by atomic mass is 35.5. The zero-order chi connectivity index (χ0) is 14.7. The van der Waals surface area contributed by atoms with Crippen molar-refractivity contribution in [2.75, 3.05) is 5.73 Å².